The zero-order valence-electron chi connectivity index (χ0n) is 23.0. The van der Waals surface area contributed by atoms with Crippen LogP contribution in [0.15, 0.2) is 103 Å². The third-order valence-electron chi connectivity index (χ3n) is 6.62. The van der Waals surface area contributed by atoms with Crippen molar-refractivity contribution < 1.29 is 18.9 Å². The minimum absolute atomic E-state index is 0.322. The Kier molecular flexibility index (Phi) is 12.2. The average Bonchev–Trinajstić information content (AvgIpc) is 2.99. The lowest BCUT2D eigenvalue weighted by Gasteiger charge is -2.36. The van der Waals surface area contributed by atoms with Gasteiger partial charge in [0, 0.05) is 6.42 Å². The quantitative estimate of drug-likeness (QED) is 0.160. The fourth-order valence-electron chi connectivity index (χ4n) is 4.46. The molecule has 39 heavy (non-hydrogen) atoms. The molecule has 0 N–H and O–H groups in total. The molecule has 1 aliphatic heterocycles. The van der Waals surface area contributed by atoms with E-state index in [2.05, 4.69) is 55.2 Å². The molecule has 0 unspecified atom stereocenters. The van der Waals surface area contributed by atoms with Gasteiger partial charge < -0.3 is 18.9 Å². The molecule has 3 aromatic rings. The summed E-state index contributed by atoms with van der Waals surface area (Å²) in [4.78, 5) is 0. The van der Waals surface area contributed by atoms with Crippen LogP contribution >= 0.6 is 0 Å². The van der Waals surface area contributed by atoms with Crippen LogP contribution in [0.3, 0.4) is 0 Å². The molecule has 204 valence electrons. The predicted octanol–water partition coefficient (Wildman–Crippen LogP) is 7.63. The van der Waals surface area contributed by atoms with Crippen molar-refractivity contribution in [2.45, 2.75) is 77.2 Å². The largest absolute Gasteiger partial charge is 0.477 e. The van der Waals surface area contributed by atoms with Gasteiger partial charge in [0.2, 0.25) is 0 Å². The van der Waals surface area contributed by atoms with Gasteiger partial charge in [-0.05, 0) is 35.1 Å². The summed E-state index contributed by atoms with van der Waals surface area (Å²) >= 11 is 0. The number of rotatable bonds is 14. The van der Waals surface area contributed by atoms with Gasteiger partial charge in [0.05, 0.1) is 26.4 Å². The Morgan fingerprint density at radius 3 is 1.90 bits per heavy atom. The lowest BCUT2D eigenvalue weighted by Crippen LogP contribution is -2.47. The van der Waals surface area contributed by atoms with Crippen LogP contribution in [0.25, 0.3) is 0 Å². The van der Waals surface area contributed by atoms with E-state index >= 15 is 0 Å². The van der Waals surface area contributed by atoms with Crippen molar-refractivity contribution in [2.24, 2.45) is 0 Å². The van der Waals surface area contributed by atoms with E-state index in [0.717, 1.165) is 29.5 Å². The van der Waals surface area contributed by atoms with E-state index in [4.69, 9.17) is 18.9 Å². The highest BCUT2D eigenvalue weighted by atomic mass is 16.6. The zero-order chi connectivity index (χ0) is 27.0. The molecule has 3 aromatic carbocycles. The zero-order valence-corrected chi connectivity index (χ0v) is 23.0. The summed E-state index contributed by atoms with van der Waals surface area (Å²) in [6.45, 7) is 4.03. The molecule has 0 bridgehead atoms. The topological polar surface area (TPSA) is 36.9 Å². The van der Waals surface area contributed by atoms with Gasteiger partial charge in [-0.2, -0.15) is 0 Å². The Hall–Kier alpha value is -3.36. The van der Waals surface area contributed by atoms with Crippen molar-refractivity contribution in [3.8, 4) is 11.8 Å². The molecule has 0 radical (unpaired) electrons. The lowest BCUT2D eigenvalue weighted by molar-refractivity contribution is -0.151. The Morgan fingerprint density at radius 2 is 1.28 bits per heavy atom. The molecule has 0 fully saturated rings. The Bertz CT molecular complexity index is 1160. The third kappa shape index (κ3) is 10.0. The molecule has 4 nitrogen and oxygen atoms in total. The molecule has 0 amide bonds. The molecule has 3 atom stereocenters. The molecule has 0 aromatic heterocycles. The fraction of sp³-hybridized carbons (Fsp3) is 0.371. The standard InChI is InChI=1S/C35H40O4/c1-2-3-4-5-6-16-23-32-24-33(37-26-30-19-12-8-13-20-30)35(38-27-31-21-14-9-15-22-31)34(39-32)28-36-25-29-17-10-7-11-18-29/h7-15,17-22,24,33-35H,2-6,25-28H2,1H3/t33-,34-,35+/m1/s1. The second-order valence-corrected chi connectivity index (χ2v) is 9.82. The van der Waals surface area contributed by atoms with Gasteiger partial charge in [0.1, 0.15) is 12.2 Å². The second kappa shape index (κ2) is 16.6. The Morgan fingerprint density at radius 1 is 0.692 bits per heavy atom. The highest BCUT2D eigenvalue weighted by Gasteiger charge is 2.37. The Labute approximate surface area is 234 Å². The molecule has 0 saturated heterocycles. The minimum Gasteiger partial charge on any atom is -0.477 e. The van der Waals surface area contributed by atoms with Crippen molar-refractivity contribution in [1.82, 2.24) is 0 Å². The van der Waals surface area contributed by atoms with Crippen LogP contribution in [0.2, 0.25) is 0 Å². The molecular weight excluding hydrogens is 484 g/mol. The maximum atomic E-state index is 6.48. The molecular formula is C35H40O4. The number of allylic oxidation sites excluding steroid dienone is 1. The van der Waals surface area contributed by atoms with Gasteiger partial charge in [0.25, 0.3) is 0 Å². The fourth-order valence-corrected chi connectivity index (χ4v) is 4.46. The van der Waals surface area contributed by atoms with Crippen molar-refractivity contribution in [3.63, 3.8) is 0 Å². The smallest absolute Gasteiger partial charge is 0.169 e. The second-order valence-electron chi connectivity index (χ2n) is 9.82. The summed E-state index contributed by atoms with van der Waals surface area (Å²) in [5, 5.41) is 0. The number of unbranched alkanes of at least 4 members (excludes halogenated alkanes) is 4. The van der Waals surface area contributed by atoms with Crippen molar-refractivity contribution >= 4 is 0 Å². The highest BCUT2D eigenvalue weighted by molar-refractivity contribution is 5.28. The molecule has 1 heterocycles. The molecule has 4 heteroatoms. The summed E-state index contributed by atoms with van der Waals surface area (Å²) < 4.78 is 25.5. The molecule has 1 aliphatic rings. The van der Waals surface area contributed by atoms with Gasteiger partial charge >= 0.3 is 0 Å². The van der Waals surface area contributed by atoms with Crippen LogP contribution < -0.4 is 0 Å². The van der Waals surface area contributed by atoms with Gasteiger partial charge in [-0.25, -0.2) is 0 Å². The first-order valence-corrected chi connectivity index (χ1v) is 14.1. The number of benzene rings is 3. The lowest BCUT2D eigenvalue weighted by atomic mass is 10.0. The number of ether oxygens (including phenoxy) is 4. The summed E-state index contributed by atoms with van der Waals surface area (Å²) in [6.07, 6.45) is 6.59. The first-order chi connectivity index (χ1) is 19.3. The van der Waals surface area contributed by atoms with Crippen LogP contribution in [0, 0.1) is 11.8 Å². The van der Waals surface area contributed by atoms with E-state index in [0.29, 0.717) is 32.2 Å². The van der Waals surface area contributed by atoms with Crippen LogP contribution in [-0.4, -0.2) is 24.9 Å². The van der Waals surface area contributed by atoms with E-state index in [1.165, 1.54) is 19.3 Å². The van der Waals surface area contributed by atoms with E-state index in [1.54, 1.807) is 0 Å². The predicted molar refractivity (Wildman–Crippen MR) is 156 cm³/mol. The summed E-state index contributed by atoms with van der Waals surface area (Å²) in [5.74, 6) is 7.20. The SMILES string of the molecule is CCCCCCC#CC1=C[C@@H](OCc2ccccc2)[C@H](OCc2ccccc2)[C@@H](COCc2ccccc2)O1. The van der Waals surface area contributed by atoms with E-state index < -0.39 is 0 Å². The number of hydrogen-bond acceptors (Lipinski definition) is 4. The third-order valence-corrected chi connectivity index (χ3v) is 6.62. The van der Waals surface area contributed by atoms with Gasteiger partial charge in [-0.1, -0.05) is 123 Å². The van der Waals surface area contributed by atoms with Crippen LogP contribution in [0.5, 0.6) is 0 Å². The number of hydrogen-bond donors (Lipinski definition) is 0. The van der Waals surface area contributed by atoms with Crippen molar-refractivity contribution in [1.29, 1.82) is 0 Å². The average molecular weight is 525 g/mol. The maximum Gasteiger partial charge on any atom is 0.169 e. The first kappa shape index (κ1) is 28.6. The first-order valence-electron chi connectivity index (χ1n) is 14.1. The van der Waals surface area contributed by atoms with E-state index in [1.807, 2.05) is 60.7 Å². The molecule has 0 saturated carbocycles. The van der Waals surface area contributed by atoms with Gasteiger partial charge in [0.15, 0.2) is 11.9 Å². The van der Waals surface area contributed by atoms with Gasteiger partial charge in [-0.15, -0.1) is 0 Å². The maximum absolute atomic E-state index is 6.48. The van der Waals surface area contributed by atoms with Crippen LogP contribution in [0.4, 0.5) is 0 Å². The molecule has 0 aliphatic carbocycles. The minimum atomic E-state index is -0.354. The molecule has 0 spiro atoms. The van der Waals surface area contributed by atoms with Crippen molar-refractivity contribution in [2.75, 3.05) is 6.61 Å². The highest BCUT2D eigenvalue weighted by Crippen LogP contribution is 2.26. The summed E-state index contributed by atoms with van der Waals surface area (Å²) in [5.41, 5.74) is 3.33. The summed E-state index contributed by atoms with van der Waals surface area (Å²) in [6, 6.07) is 30.6. The summed E-state index contributed by atoms with van der Waals surface area (Å²) in [7, 11) is 0. The van der Waals surface area contributed by atoms with E-state index in [9.17, 15) is 0 Å². The normalized spacial score (nSPS) is 18.5. The van der Waals surface area contributed by atoms with E-state index in [-0.39, 0.29) is 18.3 Å². The Balaban J connectivity index is 1.50. The van der Waals surface area contributed by atoms with Crippen molar-refractivity contribution in [3.05, 3.63) is 120 Å². The van der Waals surface area contributed by atoms with Crippen LogP contribution in [0.1, 0.15) is 55.7 Å². The van der Waals surface area contributed by atoms with Gasteiger partial charge in [-0.3, -0.25) is 0 Å². The molecule has 4 rings (SSSR count). The van der Waals surface area contributed by atoms with Crippen LogP contribution in [-0.2, 0) is 38.8 Å². The monoisotopic (exact) mass is 524 g/mol.